The van der Waals surface area contributed by atoms with Gasteiger partial charge in [-0.1, -0.05) is 30.3 Å². The number of nitrogens with two attached hydrogens (primary N) is 1. The van der Waals surface area contributed by atoms with Crippen molar-refractivity contribution < 1.29 is 4.79 Å². The van der Waals surface area contributed by atoms with Crippen LogP contribution >= 0.6 is 0 Å². The Kier molecular flexibility index (Phi) is 6.17. The summed E-state index contributed by atoms with van der Waals surface area (Å²) >= 11 is 0. The molecule has 20 heavy (non-hydrogen) atoms. The van der Waals surface area contributed by atoms with Crippen LogP contribution in [-0.2, 0) is 11.3 Å². The molecule has 1 amide bonds. The van der Waals surface area contributed by atoms with Crippen LogP contribution in [0.1, 0.15) is 32.8 Å². The van der Waals surface area contributed by atoms with Crippen molar-refractivity contribution >= 4 is 5.91 Å². The number of rotatable bonds is 6. The molecular formula is C16H27N3O. The summed E-state index contributed by atoms with van der Waals surface area (Å²) in [6, 6.07) is 10.3. The molecule has 0 aliphatic heterocycles. The number of carbonyl (C=O) groups is 1. The molecule has 0 bridgehead atoms. The molecule has 0 fully saturated rings. The number of nitrogens with one attached hydrogen (secondary N) is 1. The van der Waals surface area contributed by atoms with Gasteiger partial charge in [-0.25, -0.2) is 0 Å². The Morgan fingerprint density at radius 2 is 1.90 bits per heavy atom. The van der Waals surface area contributed by atoms with Gasteiger partial charge in [-0.3, -0.25) is 9.69 Å². The first-order chi connectivity index (χ1) is 9.31. The zero-order chi connectivity index (χ0) is 15.2. The van der Waals surface area contributed by atoms with Gasteiger partial charge in [0.05, 0.1) is 0 Å². The lowest BCUT2D eigenvalue weighted by molar-refractivity contribution is -0.123. The lowest BCUT2D eigenvalue weighted by atomic mass is 10.1. The molecular weight excluding hydrogens is 250 g/mol. The van der Waals surface area contributed by atoms with Crippen LogP contribution in [0.5, 0.6) is 0 Å². The molecule has 0 aliphatic carbocycles. The van der Waals surface area contributed by atoms with Gasteiger partial charge in [-0.15, -0.1) is 0 Å². The number of benzene rings is 1. The van der Waals surface area contributed by atoms with Crippen molar-refractivity contribution in [3.8, 4) is 0 Å². The summed E-state index contributed by atoms with van der Waals surface area (Å²) in [5.41, 5.74) is 6.84. The van der Waals surface area contributed by atoms with E-state index < -0.39 is 0 Å². The summed E-state index contributed by atoms with van der Waals surface area (Å²) in [6.07, 6.45) is 0.428. The number of likely N-dealkylation sites (N-methyl/N-ethyl adjacent to an activating group) is 1. The molecule has 1 unspecified atom stereocenters. The Morgan fingerprint density at radius 3 is 2.40 bits per heavy atom. The summed E-state index contributed by atoms with van der Waals surface area (Å²) in [6.45, 7) is 7.22. The summed E-state index contributed by atoms with van der Waals surface area (Å²) in [5.74, 6) is 0.0489. The lowest BCUT2D eigenvalue weighted by Gasteiger charge is -2.28. The Balaban J connectivity index is 2.55. The molecule has 1 atom stereocenters. The Hall–Kier alpha value is -1.39. The predicted octanol–water partition coefficient (Wildman–Crippen LogP) is 1.75. The predicted molar refractivity (Wildman–Crippen MR) is 83.3 cm³/mol. The van der Waals surface area contributed by atoms with Crippen LogP contribution in [0, 0.1) is 0 Å². The molecule has 3 N–H and O–H groups in total. The average molecular weight is 277 g/mol. The van der Waals surface area contributed by atoms with Gasteiger partial charge in [-0.2, -0.15) is 0 Å². The van der Waals surface area contributed by atoms with E-state index in [0.717, 1.165) is 6.54 Å². The standard InChI is InChI=1S/C16H27N3O/c1-16(2,3)18-15(20)10-14(11-17)19(4)12-13-8-6-5-7-9-13/h5-9,14H,10-12,17H2,1-4H3,(H,18,20). The van der Waals surface area contributed by atoms with Gasteiger partial charge < -0.3 is 11.1 Å². The Labute approximate surface area is 122 Å². The second kappa shape index (κ2) is 7.41. The lowest BCUT2D eigenvalue weighted by Crippen LogP contribution is -2.46. The molecule has 1 rings (SSSR count). The minimum absolute atomic E-state index is 0.0489. The number of nitrogens with zero attached hydrogens (tertiary/aromatic N) is 1. The third-order valence-corrected chi connectivity index (χ3v) is 3.11. The van der Waals surface area contributed by atoms with Crippen molar-refractivity contribution in [1.29, 1.82) is 0 Å². The third-order valence-electron chi connectivity index (χ3n) is 3.11. The zero-order valence-electron chi connectivity index (χ0n) is 13.0. The van der Waals surface area contributed by atoms with E-state index in [1.165, 1.54) is 5.56 Å². The average Bonchev–Trinajstić information content (AvgIpc) is 2.35. The highest BCUT2D eigenvalue weighted by molar-refractivity contribution is 5.77. The van der Waals surface area contributed by atoms with Crippen LogP contribution in [0.2, 0.25) is 0 Å². The maximum absolute atomic E-state index is 12.0. The van der Waals surface area contributed by atoms with Crippen molar-refractivity contribution in [3.63, 3.8) is 0 Å². The second-order valence-corrected chi connectivity index (χ2v) is 6.29. The van der Waals surface area contributed by atoms with Crippen molar-refractivity contribution in [2.75, 3.05) is 13.6 Å². The second-order valence-electron chi connectivity index (χ2n) is 6.29. The van der Waals surface area contributed by atoms with Gasteiger partial charge >= 0.3 is 0 Å². The van der Waals surface area contributed by atoms with Gasteiger partial charge in [0.25, 0.3) is 0 Å². The summed E-state index contributed by atoms with van der Waals surface area (Å²) in [5, 5.41) is 2.98. The van der Waals surface area contributed by atoms with Gasteiger partial charge in [-0.05, 0) is 33.4 Å². The maximum Gasteiger partial charge on any atom is 0.222 e. The van der Waals surface area contributed by atoms with Crippen molar-refractivity contribution in [2.24, 2.45) is 5.73 Å². The smallest absolute Gasteiger partial charge is 0.222 e. The fraction of sp³-hybridized carbons (Fsp3) is 0.562. The van der Waals surface area contributed by atoms with Crippen molar-refractivity contribution in [2.45, 2.75) is 45.3 Å². The zero-order valence-corrected chi connectivity index (χ0v) is 13.0. The van der Waals surface area contributed by atoms with Crippen molar-refractivity contribution in [3.05, 3.63) is 35.9 Å². The first kappa shape index (κ1) is 16.7. The SMILES string of the molecule is CN(Cc1ccccc1)C(CN)CC(=O)NC(C)(C)C. The van der Waals surface area contributed by atoms with E-state index in [0.29, 0.717) is 13.0 Å². The monoisotopic (exact) mass is 277 g/mol. The number of amides is 1. The highest BCUT2D eigenvalue weighted by atomic mass is 16.1. The molecule has 0 saturated heterocycles. The van der Waals surface area contributed by atoms with Crippen LogP contribution in [0.3, 0.4) is 0 Å². The summed E-state index contributed by atoms with van der Waals surface area (Å²) in [4.78, 5) is 14.1. The van der Waals surface area contributed by atoms with E-state index in [9.17, 15) is 4.79 Å². The highest BCUT2D eigenvalue weighted by Crippen LogP contribution is 2.09. The van der Waals surface area contributed by atoms with E-state index in [2.05, 4.69) is 22.3 Å². The molecule has 4 heteroatoms. The van der Waals surface area contributed by atoms with E-state index >= 15 is 0 Å². The fourth-order valence-corrected chi connectivity index (χ4v) is 2.10. The third kappa shape index (κ3) is 6.17. The summed E-state index contributed by atoms with van der Waals surface area (Å²) in [7, 11) is 2.01. The van der Waals surface area contributed by atoms with Gasteiger partial charge in [0.15, 0.2) is 0 Å². The maximum atomic E-state index is 12.0. The molecule has 4 nitrogen and oxygen atoms in total. The molecule has 0 aromatic heterocycles. The first-order valence-electron chi connectivity index (χ1n) is 7.07. The molecule has 1 aromatic carbocycles. The normalized spacial score (nSPS) is 13.3. The van der Waals surface area contributed by atoms with Crippen LogP contribution in [0.4, 0.5) is 0 Å². The first-order valence-corrected chi connectivity index (χ1v) is 7.07. The van der Waals surface area contributed by atoms with Crippen LogP contribution < -0.4 is 11.1 Å². The molecule has 0 aliphatic rings. The molecule has 0 saturated carbocycles. The minimum atomic E-state index is -0.200. The molecule has 112 valence electrons. The molecule has 0 radical (unpaired) electrons. The number of hydrogen-bond acceptors (Lipinski definition) is 3. The van der Waals surface area contributed by atoms with E-state index in [4.69, 9.17) is 5.73 Å². The Morgan fingerprint density at radius 1 is 1.30 bits per heavy atom. The largest absolute Gasteiger partial charge is 0.351 e. The van der Waals surface area contributed by atoms with Crippen LogP contribution in [0.25, 0.3) is 0 Å². The topological polar surface area (TPSA) is 58.4 Å². The summed E-state index contributed by atoms with van der Waals surface area (Å²) < 4.78 is 0. The minimum Gasteiger partial charge on any atom is -0.351 e. The van der Waals surface area contributed by atoms with Gasteiger partial charge in [0.2, 0.25) is 5.91 Å². The van der Waals surface area contributed by atoms with E-state index in [1.807, 2.05) is 46.0 Å². The molecule has 0 heterocycles. The van der Waals surface area contributed by atoms with Gasteiger partial charge in [0, 0.05) is 31.1 Å². The number of carbonyl (C=O) groups excluding carboxylic acids is 1. The fourth-order valence-electron chi connectivity index (χ4n) is 2.10. The Bertz CT molecular complexity index is 411. The molecule has 0 spiro atoms. The van der Waals surface area contributed by atoms with Crippen LogP contribution in [-0.4, -0.2) is 36.0 Å². The molecule has 1 aromatic rings. The highest BCUT2D eigenvalue weighted by Gasteiger charge is 2.20. The van der Waals surface area contributed by atoms with E-state index in [-0.39, 0.29) is 17.5 Å². The van der Waals surface area contributed by atoms with Crippen molar-refractivity contribution in [1.82, 2.24) is 10.2 Å². The quantitative estimate of drug-likeness (QED) is 0.833. The van der Waals surface area contributed by atoms with Crippen LogP contribution in [0.15, 0.2) is 30.3 Å². The number of hydrogen-bond donors (Lipinski definition) is 2. The van der Waals surface area contributed by atoms with E-state index in [1.54, 1.807) is 0 Å². The van der Waals surface area contributed by atoms with Gasteiger partial charge in [0.1, 0.15) is 0 Å².